The first kappa shape index (κ1) is 20.8. The Balaban J connectivity index is 1.56. The molecule has 3 rings (SSSR count). The van der Waals surface area contributed by atoms with Crippen LogP contribution in [0, 0.1) is 0 Å². The van der Waals surface area contributed by atoms with Crippen molar-refractivity contribution >= 4 is 11.9 Å². The summed E-state index contributed by atoms with van der Waals surface area (Å²) in [6.07, 6.45) is 5.90. The minimum Gasteiger partial charge on any atom is -0.469 e. The van der Waals surface area contributed by atoms with Crippen LogP contribution in [0.2, 0.25) is 0 Å². The molecule has 1 aromatic carbocycles. The molecule has 1 heterocycles. The molecule has 3 N–H and O–H groups in total. The van der Waals surface area contributed by atoms with Crippen LogP contribution in [0.1, 0.15) is 44.1 Å². The van der Waals surface area contributed by atoms with Gasteiger partial charge in [-0.3, -0.25) is 9.59 Å². The molecule has 1 amide bonds. The van der Waals surface area contributed by atoms with E-state index in [1.807, 2.05) is 6.07 Å². The summed E-state index contributed by atoms with van der Waals surface area (Å²) in [5.74, 6) is -0.269. The van der Waals surface area contributed by atoms with Crippen molar-refractivity contribution in [2.45, 2.75) is 57.2 Å². The van der Waals surface area contributed by atoms with Gasteiger partial charge in [-0.25, -0.2) is 0 Å². The molecule has 1 aliphatic heterocycles. The monoisotopic (exact) mass is 389 g/mol. The predicted octanol–water partition coefficient (Wildman–Crippen LogP) is -0.649. The van der Waals surface area contributed by atoms with Gasteiger partial charge in [0.1, 0.15) is 39.1 Å². The first-order chi connectivity index (χ1) is 13.7. The quantitative estimate of drug-likeness (QED) is 0.543. The van der Waals surface area contributed by atoms with Crippen molar-refractivity contribution in [3.63, 3.8) is 0 Å². The van der Waals surface area contributed by atoms with Crippen molar-refractivity contribution < 1.29 is 24.1 Å². The van der Waals surface area contributed by atoms with Crippen LogP contribution >= 0.6 is 0 Å². The van der Waals surface area contributed by atoms with E-state index in [9.17, 15) is 9.59 Å². The van der Waals surface area contributed by atoms with Crippen LogP contribution in [0.5, 0.6) is 0 Å². The first-order valence-corrected chi connectivity index (χ1v) is 10.7. The summed E-state index contributed by atoms with van der Waals surface area (Å²) in [7, 11) is 1.40. The lowest BCUT2D eigenvalue weighted by Gasteiger charge is -2.34. The maximum Gasteiger partial charge on any atom is 0.312 e. The highest BCUT2D eigenvalue weighted by molar-refractivity contribution is 5.85. The number of methoxy groups -OCH3 is 1. The zero-order valence-corrected chi connectivity index (χ0v) is 17.0. The average Bonchev–Trinajstić information content (AvgIpc) is 2.74. The Morgan fingerprint density at radius 1 is 1.07 bits per heavy atom. The van der Waals surface area contributed by atoms with Crippen LogP contribution in [0.15, 0.2) is 30.3 Å². The third kappa shape index (κ3) is 6.04. The standard InChI is InChI=1S/C22H33N3O3/c1-28-21(26)16-20(22(27)23-19-10-6-3-7-11-19)25-14-12-24(13-15-25)17-18-8-4-2-5-9-18/h2,4-5,8-9,19-20H,3,6-7,10-17H2,1H3,(H,23,27)/p+2/t20-/m1/s1. The number of ether oxygens (including phenoxy) is 1. The number of hydrogen-bond donors (Lipinski definition) is 3. The number of carbonyl (C=O) groups excluding carboxylic acids is 2. The molecule has 0 spiro atoms. The molecule has 1 saturated carbocycles. The number of nitrogens with one attached hydrogen (secondary N) is 3. The van der Waals surface area contributed by atoms with Gasteiger partial charge >= 0.3 is 5.97 Å². The molecule has 154 valence electrons. The zero-order chi connectivity index (χ0) is 19.8. The highest BCUT2D eigenvalue weighted by atomic mass is 16.5. The molecule has 0 bridgehead atoms. The summed E-state index contributed by atoms with van der Waals surface area (Å²) in [4.78, 5) is 27.7. The van der Waals surface area contributed by atoms with E-state index in [1.54, 1.807) is 4.90 Å². The molecule has 1 atom stereocenters. The van der Waals surface area contributed by atoms with Crippen molar-refractivity contribution in [3.8, 4) is 0 Å². The predicted molar refractivity (Wildman–Crippen MR) is 107 cm³/mol. The zero-order valence-electron chi connectivity index (χ0n) is 17.0. The minimum atomic E-state index is -0.340. The van der Waals surface area contributed by atoms with Crippen molar-refractivity contribution in [1.82, 2.24) is 5.32 Å². The van der Waals surface area contributed by atoms with Crippen LogP contribution in [0.4, 0.5) is 0 Å². The van der Waals surface area contributed by atoms with E-state index >= 15 is 0 Å². The summed E-state index contributed by atoms with van der Waals surface area (Å²) in [6.45, 7) is 4.85. The highest BCUT2D eigenvalue weighted by Crippen LogP contribution is 2.17. The van der Waals surface area contributed by atoms with E-state index < -0.39 is 0 Å². The van der Waals surface area contributed by atoms with E-state index in [0.29, 0.717) is 0 Å². The molecule has 0 aromatic heterocycles. The largest absolute Gasteiger partial charge is 0.469 e. The van der Waals surface area contributed by atoms with E-state index in [2.05, 4.69) is 29.6 Å². The van der Waals surface area contributed by atoms with E-state index in [4.69, 9.17) is 4.74 Å². The van der Waals surface area contributed by atoms with Gasteiger partial charge in [0.25, 0.3) is 5.91 Å². The maximum absolute atomic E-state index is 13.0. The fourth-order valence-electron chi connectivity index (χ4n) is 4.56. The normalized spacial score (nSPS) is 24.3. The second-order valence-electron chi connectivity index (χ2n) is 8.25. The number of hydrogen-bond acceptors (Lipinski definition) is 3. The molecule has 28 heavy (non-hydrogen) atoms. The van der Waals surface area contributed by atoms with Crippen molar-refractivity contribution in [3.05, 3.63) is 35.9 Å². The third-order valence-electron chi connectivity index (χ3n) is 6.26. The second-order valence-corrected chi connectivity index (χ2v) is 8.25. The smallest absolute Gasteiger partial charge is 0.312 e. The van der Waals surface area contributed by atoms with Gasteiger partial charge in [-0.1, -0.05) is 49.6 Å². The maximum atomic E-state index is 13.0. The first-order valence-electron chi connectivity index (χ1n) is 10.7. The fraction of sp³-hybridized carbons (Fsp3) is 0.636. The number of rotatable bonds is 7. The Morgan fingerprint density at radius 3 is 2.39 bits per heavy atom. The summed E-state index contributed by atoms with van der Waals surface area (Å²) in [5, 5.41) is 3.22. The van der Waals surface area contributed by atoms with Crippen LogP contribution < -0.4 is 15.1 Å². The van der Waals surface area contributed by atoms with Crippen LogP contribution in [-0.2, 0) is 20.9 Å². The number of benzene rings is 1. The molecule has 0 unspecified atom stereocenters. The molecular formula is C22H35N3O3+2. The summed E-state index contributed by atoms with van der Waals surface area (Å²) in [6, 6.07) is 10.5. The number of piperazine rings is 1. The van der Waals surface area contributed by atoms with Gasteiger partial charge in [0.15, 0.2) is 6.04 Å². The Hall–Kier alpha value is -1.92. The lowest BCUT2D eigenvalue weighted by molar-refractivity contribution is -1.02. The van der Waals surface area contributed by atoms with Gasteiger partial charge in [0.05, 0.1) is 7.11 Å². The number of amides is 1. The topological polar surface area (TPSA) is 64.3 Å². The second kappa shape index (κ2) is 10.6. The third-order valence-corrected chi connectivity index (χ3v) is 6.26. The van der Waals surface area contributed by atoms with Gasteiger partial charge < -0.3 is 19.9 Å². The van der Waals surface area contributed by atoms with Crippen molar-refractivity contribution in [1.29, 1.82) is 0 Å². The number of carbonyl (C=O) groups is 2. The van der Waals surface area contributed by atoms with Gasteiger partial charge in [-0.15, -0.1) is 0 Å². The van der Waals surface area contributed by atoms with Gasteiger partial charge in [-0.05, 0) is 12.8 Å². The Kier molecular flexibility index (Phi) is 7.86. The van der Waals surface area contributed by atoms with Crippen molar-refractivity contribution in [2.24, 2.45) is 0 Å². The summed E-state index contributed by atoms with van der Waals surface area (Å²) >= 11 is 0. The number of quaternary nitrogens is 2. The molecule has 1 aromatic rings. The van der Waals surface area contributed by atoms with E-state index in [-0.39, 0.29) is 30.4 Å². The Labute approximate surface area is 168 Å². The lowest BCUT2D eigenvalue weighted by Crippen LogP contribution is -3.29. The Bertz CT molecular complexity index is 623. The number of esters is 1. The van der Waals surface area contributed by atoms with Gasteiger partial charge in [0.2, 0.25) is 0 Å². The molecule has 0 radical (unpaired) electrons. The van der Waals surface area contributed by atoms with Crippen LogP contribution in [0.25, 0.3) is 0 Å². The van der Waals surface area contributed by atoms with Gasteiger partial charge in [0, 0.05) is 11.6 Å². The van der Waals surface area contributed by atoms with Gasteiger partial charge in [-0.2, -0.15) is 0 Å². The van der Waals surface area contributed by atoms with Crippen molar-refractivity contribution in [2.75, 3.05) is 33.3 Å². The summed E-state index contributed by atoms with van der Waals surface area (Å²) < 4.78 is 4.87. The molecule has 6 heteroatoms. The van der Waals surface area contributed by atoms with Crippen LogP contribution in [0.3, 0.4) is 0 Å². The molecular weight excluding hydrogens is 354 g/mol. The molecule has 6 nitrogen and oxygen atoms in total. The molecule has 1 saturated heterocycles. The Morgan fingerprint density at radius 2 is 1.75 bits per heavy atom. The molecule has 2 fully saturated rings. The average molecular weight is 390 g/mol. The molecule has 2 aliphatic rings. The summed E-state index contributed by atoms with van der Waals surface area (Å²) in [5.41, 5.74) is 1.35. The SMILES string of the molecule is COC(=O)C[C@H](C(=O)NC1CCCCC1)[NH+]1CC[NH+](Cc2ccccc2)CC1. The highest BCUT2D eigenvalue weighted by Gasteiger charge is 2.37. The van der Waals surface area contributed by atoms with E-state index in [0.717, 1.165) is 45.6 Å². The van der Waals surface area contributed by atoms with E-state index in [1.165, 1.54) is 36.8 Å². The molecule has 1 aliphatic carbocycles. The lowest BCUT2D eigenvalue weighted by atomic mass is 9.95. The van der Waals surface area contributed by atoms with Crippen LogP contribution in [-0.4, -0.2) is 57.2 Å². The minimum absolute atomic E-state index is 0.0267. The fourth-order valence-corrected chi connectivity index (χ4v) is 4.56.